The Labute approximate surface area is 136 Å². The molecule has 0 saturated heterocycles. The lowest BCUT2D eigenvalue weighted by Crippen LogP contribution is -2.41. The number of benzene rings is 2. The molecule has 3 atom stereocenters. The molecular weight excluding hydrogens is 288 g/mol. The second kappa shape index (κ2) is 6.84. The smallest absolute Gasteiger partial charge is 0.315 e. The molecule has 4 heteroatoms. The van der Waals surface area contributed by atoms with E-state index in [2.05, 4.69) is 34.9 Å². The summed E-state index contributed by atoms with van der Waals surface area (Å²) < 4.78 is 0. The van der Waals surface area contributed by atoms with Crippen LogP contribution in [-0.2, 0) is 0 Å². The Morgan fingerprint density at radius 3 is 2.74 bits per heavy atom. The van der Waals surface area contributed by atoms with E-state index in [1.54, 1.807) is 0 Å². The average molecular weight is 310 g/mol. The lowest BCUT2D eigenvalue weighted by atomic mass is 10.0. The fraction of sp³-hybridized carbons (Fsp3) is 0.316. The molecule has 120 valence electrons. The number of hydrogen-bond acceptors (Lipinski definition) is 2. The van der Waals surface area contributed by atoms with Gasteiger partial charge in [0.15, 0.2) is 0 Å². The molecule has 0 saturated carbocycles. The summed E-state index contributed by atoms with van der Waals surface area (Å²) in [5.41, 5.74) is 1.08. The second-order valence-electron chi connectivity index (χ2n) is 6.12. The minimum atomic E-state index is -0.182. The van der Waals surface area contributed by atoms with Crippen LogP contribution < -0.4 is 10.6 Å². The maximum absolute atomic E-state index is 12.1. The zero-order valence-electron chi connectivity index (χ0n) is 13.2. The number of nitrogens with one attached hydrogen (secondary N) is 2. The molecule has 0 aromatic heterocycles. The van der Waals surface area contributed by atoms with Gasteiger partial charge in [-0.25, -0.2) is 4.79 Å². The van der Waals surface area contributed by atoms with Gasteiger partial charge in [0, 0.05) is 18.6 Å². The third kappa shape index (κ3) is 3.71. The molecule has 0 fully saturated rings. The van der Waals surface area contributed by atoms with Crippen LogP contribution in [0.4, 0.5) is 4.79 Å². The molecular formula is C19H22N2O2. The van der Waals surface area contributed by atoms with Crippen LogP contribution in [-0.4, -0.2) is 23.8 Å². The van der Waals surface area contributed by atoms with Gasteiger partial charge in [0.2, 0.25) is 0 Å². The van der Waals surface area contributed by atoms with Gasteiger partial charge >= 0.3 is 6.03 Å². The van der Waals surface area contributed by atoms with E-state index in [-0.39, 0.29) is 30.6 Å². The largest absolute Gasteiger partial charge is 0.396 e. The molecule has 23 heavy (non-hydrogen) atoms. The minimum absolute atomic E-state index is 0.00375. The van der Waals surface area contributed by atoms with E-state index in [0.717, 1.165) is 12.0 Å². The highest BCUT2D eigenvalue weighted by Gasteiger charge is 2.20. The normalized spacial score (nSPS) is 21.3. The lowest BCUT2D eigenvalue weighted by Gasteiger charge is -2.18. The Bertz CT molecular complexity index is 726. The van der Waals surface area contributed by atoms with Crippen molar-refractivity contribution in [2.24, 2.45) is 5.92 Å². The van der Waals surface area contributed by atoms with Gasteiger partial charge in [0.25, 0.3) is 0 Å². The highest BCUT2D eigenvalue weighted by molar-refractivity contribution is 5.83. The third-order valence-corrected chi connectivity index (χ3v) is 4.34. The van der Waals surface area contributed by atoms with Gasteiger partial charge < -0.3 is 15.7 Å². The van der Waals surface area contributed by atoms with Crippen LogP contribution >= 0.6 is 0 Å². The predicted molar refractivity (Wildman–Crippen MR) is 92.2 cm³/mol. The molecule has 2 aromatic rings. The van der Waals surface area contributed by atoms with Crippen LogP contribution in [0.2, 0.25) is 0 Å². The molecule has 4 nitrogen and oxygen atoms in total. The number of fused-ring (bicyclic) bond motifs is 1. The number of aliphatic hydroxyl groups is 1. The zero-order valence-corrected chi connectivity index (χ0v) is 13.2. The first-order valence-electron chi connectivity index (χ1n) is 8.00. The van der Waals surface area contributed by atoms with Crippen LogP contribution in [0.3, 0.4) is 0 Å². The van der Waals surface area contributed by atoms with E-state index < -0.39 is 0 Å². The molecule has 2 amide bonds. The molecule has 0 heterocycles. The highest BCUT2D eigenvalue weighted by atomic mass is 16.3. The lowest BCUT2D eigenvalue weighted by molar-refractivity contribution is 0.229. The summed E-state index contributed by atoms with van der Waals surface area (Å²) in [7, 11) is 0. The van der Waals surface area contributed by atoms with E-state index in [0.29, 0.717) is 0 Å². The number of urea groups is 1. The summed E-state index contributed by atoms with van der Waals surface area (Å²) in [6.07, 6.45) is 4.66. The topological polar surface area (TPSA) is 61.4 Å². The predicted octanol–water partition coefficient (Wildman–Crippen LogP) is 3.14. The molecule has 2 aromatic carbocycles. The van der Waals surface area contributed by atoms with Crippen molar-refractivity contribution in [2.75, 3.05) is 6.61 Å². The number of carbonyl (C=O) groups is 1. The Hall–Kier alpha value is -2.33. The molecule has 1 unspecified atom stereocenters. The van der Waals surface area contributed by atoms with E-state index in [4.69, 9.17) is 5.11 Å². The Morgan fingerprint density at radius 2 is 2.00 bits per heavy atom. The monoisotopic (exact) mass is 310 g/mol. The molecule has 1 aliphatic rings. The van der Waals surface area contributed by atoms with Gasteiger partial charge in [-0.1, -0.05) is 48.6 Å². The van der Waals surface area contributed by atoms with Gasteiger partial charge in [-0.2, -0.15) is 0 Å². The van der Waals surface area contributed by atoms with E-state index in [1.807, 2.05) is 37.3 Å². The Balaban J connectivity index is 1.60. The standard InChI is InChI=1S/C19H22N2O2/c1-13(16-8-7-15-4-2-3-5-17(15)11-16)20-19(23)21-18-9-6-14(10-18)12-22/h2-9,11,13-14,18,22H,10,12H2,1H3,(H2,20,21,23)/t13?,14-,18+/m0/s1. The Morgan fingerprint density at radius 1 is 1.22 bits per heavy atom. The molecule has 3 rings (SSSR count). The van der Waals surface area contributed by atoms with Gasteiger partial charge in [-0.3, -0.25) is 0 Å². The van der Waals surface area contributed by atoms with Crippen molar-refractivity contribution < 1.29 is 9.90 Å². The van der Waals surface area contributed by atoms with Crippen LogP contribution in [0.15, 0.2) is 54.6 Å². The molecule has 0 bridgehead atoms. The SMILES string of the molecule is CC(NC(=O)N[C@@H]1C=C[C@H](CO)C1)c1ccc2ccccc2c1. The van der Waals surface area contributed by atoms with Crippen LogP contribution in [0.5, 0.6) is 0 Å². The fourth-order valence-electron chi connectivity index (χ4n) is 2.98. The van der Waals surface area contributed by atoms with Gasteiger partial charge in [0.1, 0.15) is 0 Å². The number of aliphatic hydroxyl groups excluding tert-OH is 1. The van der Waals surface area contributed by atoms with Gasteiger partial charge in [-0.15, -0.1) is 0 Å². The number of amides is 2. The van der Waals surface area contributed by atoms with E-state index in [1.165, 1.54) is 10.8 Å². The van der Waals surface area contributed by atoms with Crippen molar-refractivity contribution in [2.45, 2.75) is 25.4 Å². The molecule has 0 radical (unpaired) electrons. The summed E-state index contributed by atoms with van der Waals surface area (Å²) >= 11 is 0. The van der Waals surface area contributed by atoms with Crippen molar-refractivity contribution >= 4 is 16.8 Å². The quantitative estimate of drug-likeness (QED) is 0.760. The van der Waals surface area contributed by atoms with Crippen LogP contribution in [0.1, 0.15) is 24.9 Å². The average Bonchev–Trinajstić information content (AvgIpc) is 3.01. The van der Waals surface area contributed by atoms with Crippen molar-refractivity contribution in [1.82, 2.24) is 10.6 Å². The van der Waals surface area contributed by atoms with Gasteiger partial charge in [-0.05, 0) is 35.7 Å². The molecule has 3 N–H and O–H groups in total. The summed E-state index contributed by atoms with van der Waals surface area (Å²) in [6.45, 7) is 2.11. The van der Waals surface area contributed by atoms with Crippen LogP contribution in [0, 0.1) is 5.92 Å². The maximum atomic E-state index is 12.1. The number of rotatable bonds is 4. The highest BCUT2D eigenvalue weighted by Crippen LogP contribution is 2.20. The van der Waals surface area contributed by atoms with Gasteiger partial charge in [0.05, 0.1) is 6.04 Å². The van der Waals surface area contributed by atoms with E-state index >= 15 is 0 Å². The molecule has 0 spiro atoms. The summed E-state index contributed by atoms with van der Waals surface area (Å²) in [4.78, 5) is 12.1. The summed E-state index contributed by atoms with van der Waals surface area (Å²) in [5, 5.41) is 17.4. The maximum Gasteiger partial charge on any atom is 0.315 e. The molecule has 0 aliphatic heterocycles. The van der Waals surface area contributed by atoms with Crippen molar-refractivity contribution in [3.63, 3.8) is 0 Å². The van der Waals surface area contributed by atoms with Crippen LogP contribution in [0.25, 0.3) is 10.8 Å². The minimum Gasteiger partial charge on any atom is -0.396 e. The first-order valence-corrected chi connectivity index (χ1v) is 8.00. The first kappa shape index (κ1) is 15.6. The van der Waals surface area contributed by atoms with E-state index in [9.17, 15) is 4.79 Å². The Kier molecular flexibility index (Phi) is 4.63. The summed E-state index contributed by atoms with van der Waals surface area (Å²) in [5.74, 6) is 0.151. The first-order chi connectivity index (χ1) is 11.2. The van der Waals surface area contributed by atoms with Crippen molar-refractivity contribution in [3.05, 3.63) is 60.2 Å². The summed E-state index contributed by atoms with van der Waals surface area (Å²) in [6, 6.07) is 14.2. The van der Waals surface area contributed by atoms with Crippen molar-refractivity contribution in [1.29, 1.82) is 0 Å². The number of carbonyl (C=O) groups excluding carboxylic acids is 1. The zero-order chi connectivity index (χ0) is 16.2. The second-order valence-corrected chi connectivity index (χ2v) is 6.12. The number of hydrogen-bond donors (Lipinski definition) is 3. The molecule has 1 aliphatic carbocycles. The van der Waals surface area contributed by atoms with Crippen molar-refractivity contribution in [3.8, 4) is 0 Å². The fourth-order valence-corrected chi connectivity index (χ4v) is 2.98. The third-order valence-electron chi connectivity index (χ3n) is 4.34.